The number of hydrogen-bond donors (Lipinski definition) is 0. The minimum atomic E-state index is -1.55. The van der Waals surface area contributed by atoms with Crippen molar-refractivity contribution in [2.75, 3.05) is 7.11 Å². The molecule has 1 aliphatic rings. The Bertz CT molecular complexity index is 976. The van der Waals surface area contributed by atoms with Crippen molar-refractivity contribution >= 4 is 41.3 Å². The topological polar surface area (TPSA) is 122 Å². The highest BCUT2D eigenvalue weighted by Gasteiger charge is 2.46. The molecule has 0 saturated carbocycles. The van der Waals surface area contributed by atoms with Crippen LogP contribution in [0.25, 0.3) is 0 Å². The van der Waals surface area contributed by atoms with Crippen LogP contribution >= 0.6 is 11.6 Å². The van der Waals surface area contributed by atoms with Crippen molar-refractivity contribution in [1.82, 2.24) is 0 Å². The molecule has 0 saturated heterocycles. The van der Waals surface area contributed by atoms with Crippen molar-refractivity contribution in [2.24, 2.45) is 0 Å². The van der Waals surface area contributed by atoms with Crippen LogP contribution in [-0.4, -0.2) is 54.6 Å². The van der Waals surface area contributed by atoms with Gasteiger partial charge in [0.25, 0.3) is 0 Å². The zero-order valence-corrected chi connectivity index (χ0v) is 22.7. The first-order valence-electron chi connectivity index (χ1n) is 12.0. The van der Waals surface area contributed by atoms with Gasteiger partial charge < -0.3 is 18.9 Å². The number of rotatable bonds is 14. The van der Waals surface area contributed by atoms with E-state index in [1.54, 1.807) is 6.08 Å². The van der Waals surface area contributed by atoms with Gasteiger partial charge in [-0.25, -0.2) is 0 Å². The summed E-state index contributed by atoms with van der Waals surface area (Å²) in [6, 6.07) is 0. The Morgan fingerprint density at radius 1 is 1.00 bits per heavy atom. The van der Waals surface area contributed by atoms with E-state index in [4.69, 9.17) is 25.8 Å². The van der Waals surface area contributed by atoms with Gasteiger partial charge in [0.1, 0.15) is 6.10 Å². The second kappa shape index (κ2) is 15.8. The van der Waals surface area contributed by atoms with E-state index in [0.717, 1.165) is 6.42 Å². The lowest BCUT2D eigenvalue weighted by atomic mass is 9.89. The van der Waals surface area contributed by atoms with Gasteiger partial charge >= 0.3 is 23.9 Å². The van der Waals surface area contributed by atoms with E-state index in [9.17, 15) is 24.0 Å². The molecule has 1 aliphatic carbocycles. The van der Waals surface area contributed by atoms with E-state index >= 15 is 0 Å². The normalized spacial score (nSPS) is 20.1. The fourth-order valence-electron chi connectivity index (χ4n) is 3.76. The molecule has 0 aromatic heterocycles. The van der Waals surface area contributed by atoms with Gasteiger partial charge in [0.15, 0.2) is 11.7 Å². The standard InChI is InChI=1S/C27H35ClO9/c1-6-7-8-9-10-11-15-27(37-20(4)31)17-22(28)26(33)21(27)16-24(36-19(3)30)23(35-18(2)29)13-12-14-25(32)34-5/h7-8,10-11,16-17,23-24H,6,9,12-15H2,1-5H3/b8-7-,11-10-,21-16-/t23-,24-,27+/m0/s1. The number of ether oxygens (including phenoxy) is 4. The molecule has 0 aromatic rings. The first-order chi connectivity index (χ1) is 17.5. The summed E-state index contributed by atoms with van der Waals surface area (Å²) in [4.78, 5) is 60.4. The van der Waals surface area contributed by atoms with Gasteiger partial charge in [-0.3, -0.25) is 24.0 Å². The average Bonchev–Trinajstić information content (AvgIpc) is 3.03. The molecule has 3 atom stereocenters. The van der Waals surface area contributed by atoms with Crippen LogP contribution in [0.5, 0.6) is 0 Å². The Morgan fingerprint density at radius 2 is 1.65 bits per heavy atom. The van der Waals surface area contributed by atoms with E-state index in [1.165, 1.54) is 40.0 Å². The van der Waals surface area contributed by atoms with Crippen molar-refractivity contribution in [1.29, 1.82) is 0 Å². The Labute approximate surface area is 222 Å². The monoisotopic (exact) mass is 538 g/mol. The van der Waals surface area contributed by atoms with E-state index in [0.29, 0.717) is 6.42 Å². The van der Waals surface area contributed by atoms with E-state index in [-0.39, 0.29) is 36.3 Å². The molecule has 1 rings (SSSR count). The molecule has 0 radical (unpaired) electrons. The molecule has 9 nitrogen and oxygen atoms in total. The Balaban J connectivity index is 3.47. The van der Waals surface area contributed by atoms with Gasteiger partial charge in [-0.2, -0.15) is 0 Å². The van der Waals surface area contributed by atoms with Crippen LogP contribution in [0.2, 0.25) is 0 Å². The highest BCUT2D eigenvalue weighted by Crippen LogP contribution is 2.40. The Morgan fingerprint density at radius 3 is 2.22 bits per heavy atom. The molecule has 0 bridgehead atoms. The summed E-state index contributed by atoms with van der Waals surface area (Å²) in [6.45, 7) is 5.57. The maximum atomic E-state index is 13.1. The number of hydrogen-bond acceptors (Lipinski definition) is 9. The molecule has 0 unspecified atom stereocenters. The number of esters is 4. The first kappa shape index (κ1) is 31.8. The van der Waals surface area contributed by atoms with Gasteiger partial charge in [-0.05, 0) is 37.8 Å². The summed E-state index contributed by atoms with van der Waals surface area (Å²) < 4.78 is 21.0. The van der Waals surface area contributed by atoms with Crippen molar-refractivity contribution in [3.05, 3.63) is 47.1 Å². The summed E-state index contributed by atoms with van der Waals surface area (Å²) in [5.41, 5.74) is -1.58. The van der Waals surface area contributed by atoms with Gasteiger partial charge in [0.2, 0.25) is 5.78 Å². The molecule has 0 heterocycles. The van der Waals surface area contributed by atoms with E-state index in [2.05, 4.69) is 4.74 Å². The average molecular weight is 539 g/mol. The first-order valence-corrected chi connectivity index (χ1v) is 12.4. The maximum absolute atomic E-state index is 13.1. The number of Topliss-reactive ketones (excluding diaryl/α,β-unsaturated/α-hetero) is 1. The van der Waals surface area contributed by atoms with Gasteiger partial charge in [0.05, 0.1) is 12.1 Å². The number of ketones is 1. The maximum Gasteiger partial charge on any atom is 0.305 e. The Hall–Kier alpha value is -3.20. The lowest BCUT2D eigenvalue weighted by molar-refractivity contribution is -0.162. The minimum absolute atomic E-state index is 0.0298. The molecular weight excluding hydrogens is 504 g/mol. The third kappa shape index (κ3) is 10.8. The van der Waals surface area contributed by atoms with Crippen LogP contribution in [-0.2, 0) is 42.9 Å². The fraction of sp³-hybridized carbons (Fsp3) is 0.519. The number of halogens is 1. The lowest BCUT2D eigenvalue weighted by Crippen LogP contribution is -2.38. The highest BCUT2D eigenvalue weighted by atomic mass is 35.5. The van der Waals surface area contributed by atoms with Gasteiger partial charge in [-0.1, -0.05) is 42.8 Å². The molecule has 37 heavy (non-hydrogen) atoms. The quantitative estimate of drug-likeness (QED) is 0.137. The zero-order chi connectivity index (χ0) is 28.0. The molecule has 0 aliphatic heterocycles. The van der Waals surface area contributed by atoms with Gasteiger partial charge in [-0.15, -0.1) is 0 Å². The van der Waals surface area contributed by atoms with Crippen LogP contribution in [0.4, 0.5) is 0 Å². The van der Waals surface area contributed by atoms with Crippen molar-refractivity contribution in [3.63, 3.8) is 0 Å². The minimum Gasteiger partial charge on any atom is -0.469 e. The summed E-state index contributed by atoms with van der Waals surface area (Å²) in [6.07, 6.45) is 10.0. The number of allylic oxidation sites excluding steroid dienone is 4. The second-order valence-electron chi connectivity index (χ2n) is 8.37. The summed E-state index contributed by atoms with van der Waals surface area (Å²) in [7, 11) is 1.25. The number of carbonyl (C=O) groups excluding carboxylic acids is 5. The van der Waals surface area contributed by atoms with Crippen molar-refractivity contribution in [3.8, 4) is 0 Å². The molecule has 0 N–H and O–H groups in total. The van der Waals surface area contributed by atoms with Crippen molar-refractivity contribution in [2.45, 2.75) is 84.0 Å². The highest BCUT2D eigenvalue weighted by molar-refractivity contribution is 6.46. The summed E-state index contributed by atoms with van der Waals surface area (Å²) in [5.74, 6) is -3.07. The number of carbonyl (C=O) groups is 5. The van der Waals surface area contributed by atoms with Crippen LogP contribution in [0.15, 0.2) is 47.1 Å². The van der Waals surface area contributed by atoms with E-state index in [1.807, 2.05) is 25.2 Å². The predicted octanol–water partition coefficient (Wildman–Crippen LogP) is 4.43. The van der Waals surface area contributed by atoms with Crippen LogP contribution < -0.4 is 0 Å². The van der Waals surface area contributed by atoms with Crippen LogP contribution in [0, 0.1) is 0 Å². The molecule has 0 spiro atoms. The Kier molecular flexibility index (Phi) is 13.6. The molecule has 0 aromatic carbocycles. The summed E-state index contributed by atoms with van der Waals surface area (Å²) in [5, 5.41) is -0.164. The predicted molar refractivity (Wildman–Crippen MR) is 136 cm³/mol. The molecule has 0 fully saturated rings. The molecule has 204 valence electrons. The van der Waals surface area contributed by atoms with Gasteiger partial charge in [0, 0.05) is 39.2 Å². The molecule has 0 amide bonds. The second-order valence-corrected chi connectivity index (χ2v) is 8.77. The zero-order valence-electron chi connectivity index (χ0n) is 21.9. The van der Waals surface area contributed by atoms with Crippen molar-refractivity contribution < 1.29 is 42.9 Å². The van der Waals surface area contributed by atoms with Crippen LogP contribution in [0.3, 0.4) is 0 Å². The van der Waals surface area contributed by atoms with E-state index < -0.39 is 47.5 Å². The lowest BCUT2D eigenvalue weighted by Gasteiger charge is -2.30. The fourth-order valence-corrected chi connectivity index (χ4v) is 4.04. The summed E-state index contributed by atoms with van der Waals surface area (Å²) >= 11 is 6.19. The largest absolute Gasteiger partial charge is 0.469 e. The molecule has 10 heteroatoms. The smallest absolute Gasteiger partial charge is 0.305 e. The molecular formula is C27H35ClO9. The number of methoxy groups -OCH3 is 1. The third-order valence-corrected chi connectivity index (χ3v) is 5.56. The van der Waals surface area contributed by atoms with Crippen LogP contribution in [0.1, 0.15) is 66.2 Å². The SMILES string of the molecule is CC/C=C\C/C=C\C[C@@]1(OC(C)=O)C=C(Cl)C(=O)/C1=C/[C@H](OC(C)=O)[C@H](CCCC(=O)OC)OC(C)=O. The third-order valence-electron chi connectivity index (χ3n) is 5.28.